The lowest BCUT2D eigenvalue weighted by molar-refractivity contribution is -0.123. The van der Waals surface area contributed by atoms with Crippen LogP contribution in [0, 0.1) is 0 Å². The first-order chi connectivity index (χ1) is 13.1. The second-order valence-electron chi connectivity index (χ2n) is 5.47. The molecule has 0 saturated carbocycles. The van der Waals surface area contributed by atoms with Crippen LogP contribution in [0.5, 0.6) is 5.06 Å². The first kappa shape index (κ1) is 25.7. The van der Waals surface area contributed by atoms with Gasteiger partial charge in [-0.2, -0.15) is 30.6 Å². The van der Waals surface area contributed by atoms with Gasteiger partial charge < -0.3 is 14.8 Å². The van der Waals surface area contributed by atoms with E-state index in [9.17, 15) is 39.6 Å². The van der Waals surface area contributed by atoms with E-state index in [1.54, 1.807) is 5.32 Å². The molecule has 0 aromatic carbocycles. The van der Waals surface area contributed by atoms with Crippen LogP contribution in [-0.2, 0) is 14.8 Å². The quantitative estimate of drug-likeness (QED) is 0.423. The van der Waals surface area contributed by atoms with E-state index >= 15 is 0 Å². The molecule has 0 unspecified atom stereocenters. The van der Waals surface area contributed by atoms with Gasteiger partial charge in [0.05, 0.1) is 11.6 Å². The number of ether oxygens (including phenoxy) is 2. The molecule has 0 aliphatic carbocycles. The third-order valence-electron chi connectivity index (χ3n) is 3.17. The zero-order chi connectivity index (χ0) is 22.6. The Morgan fingerprint density at radius 1 is 1.31 bits per heavy atom. The topological polar surface area (TPSA) is 84.9 Å². The smallest absolute Gasteiger partial charge is 0.482 e. The van der Waals surface area contributed by atoms with Crippen molar-refractivity contribution < 1.29 is 49.0 Å². The van der Waals surface area contributed by atoms with E-state index in [0.29, 0.717) is 11.3 Å². The largest absolute Gasteiger partial charge is 0.511 e. The molecule has 0 fully saturated rings. The number of amides is 1. The van der Waals surface area contributed by atoms with Crippen molar-refractivity contribution in [3.8, 4) is 5.06 Å². The Kier molecular flexibility index (Phi) is 8.59. The van der Waals surface area contributed by atoms with E-state index in [2.05, 4.69) is 4.74 Å². The third-order valence-corrected chi connectivity index (χ3v) is 6.11. The van der Waals surface area contributed by atoms with Crippen LogP contribution in [0.1, 0.15) is 17.3 Å². The van der Waals surface area contributed by atoms with Crippen LogP contribution in [0.4, 0.5) is 26.3 Å². The molecule has 1 amide bonds. The van der Waals surface area contributed by atoms with Crippen molar-refractivity contribution in [2.75, 3.05) is 27.0 Å². The summed E-state index contributed by atoms with van der Waals surface area (Å²) in [5.74, 6) is -1.13. The Morgan fingerprint density at radius 2 is 1.90 bits per heavy atom. The number of carbonyl (C=O) groups excluding carboxylic acids is 1. The maximum atomic E-state index is 12.8. The van der Waals surface area contributed by atoms with Gasteiger partial charge in [0.25, 0.3) is 5.91 Å². The van der Waals surface area contributed by atoms with E-state index in [4.69, 9.17) is 16.3 Å². The molecule has 1 aromatic heterocycles. The summed E-state index contributed by atoms with van der Waals surface area (Å²) < 4.78 is 107. The molecular formula is C13H15ClF6N2O5S2. The van der Waals surface area contributed by atoms with Crippen LogP contribution >= 0.6 is 22.9 Å². The summed E-state index contributed by atoms with van der Waals surface area (Å²) in [4.78, 5) is 11.7. The molecule has 0 spiro atoms. The normalized spacial score (nSPS) is 14.1. The molecule has 0 saturated heterocycles. The summed E-state index contributed by atoms with van der Waals surface area (Å²) in [6.45, 7) is -1.96. The number of nitrogens with zero attached hydrogens (tertiary/aromatic N) is 1. The van der Waals surface area contributed by atoms with Gasteiger partial charge in [-0.25, -0.2) is 8.42 Å². The lowest BCUT2D eigenvalue weighted by atomic mass is 10.3. The highest BCUT2D eigenvalue weighted by atomic mass is 35.5. The van der Waals surface area contributed by atoms with Gasteiger partial charge in [0.2, 0.25) is 0 Å². The minimum atomic E-state index is -5.71. The number of sulfonamides is 1. The van der Waals surface area contributed by atoms with E-state index in [1.165, 1.54) is 0 Å². The van der Waals surface area contributed by atoms with Gasteiger partial charge in [-0.3, -0.25) is 4.79 Å². The summed E-state index contributed by atoms with van der Waals surface area (Å²) >= 11 is 6.41. The first-order valence-corrected chi connectivity index (χ1v) is 10.1. The minimum Gasteiger partial charge on any atom is -0.482 e. The predicted octanol–water partition coefficient (Wildman–Crippen LogP) is 3.22. The number of rotatable bonds is 9. The fourth-order valence-corrected chi connectivity index (χ4v) is 3.98. The molecule has 0 bridgehead atoms. The van der Waals surface area contributed by atoms with Crippen LogP contribution in [0.15, 0.2) is 6.07 Å². The zero-order valence-corrected chi connectivity index (χ0v) is 17.1. The molecule has 0 aliphatic heterocycles. The lowest BCUT2D eigenvalue weighted by Gasteiger charge is -2.27. The fraction of sp³-hybridized carbons (Fsp3) is 0.615. The van der Waals surface area contributed by atoms with Gasteiger partial charge in [0.15, 0.2) is 5.06 Å². The number of hydrogen-bond donors (Lipinski definition) is 1. The predicted molar refractivity (Wildman–Crippen MR) is 91.4 cm³/mol. The second kappa shape index (κ2) is 9.68. The second-order valence-corrected chi connectivity index (χ2v) is 8.97. The maximum Gasteiger partial charge on any atom is 0.511 e. The maximum absolute atomic E-state index is 12.8. The number of carbonyl (C=O) groups is 1. The Labute approximate surface area is 170 Å². The van der Waals surface area contributed by atoms with Gasteiger partial charge in [0, 0.05) is 13.2 Å². The fourth-order valence-electron chi connectivity index (χ4n) is 1.83. The van der Waals surface area contributed by atoms with Crippen molar-refractivity contribution in [2.24, 2.45) is 0 Å². The molecule has 1 aromatic rings. The van der Waals surface area contributed by atoms with Crippen molar-refractivity contribution >= 4 is 38.9 Å². The Morgan fingerprint density at radius 3 is 2.38 bits per heavy atom. The molecule has 1 rings (SSSR count). The summed E-state index contributed by atoms with van der Waals surface area (Å²) in [5, 5.41) is 1.49. The summed E-state index contributed by atoms with van der Waals surface area (Å²) in [6, 6.07) is -0.352. The number of alkyl halides is 6. The Balaban J connectivity index is 2.85. The van der Waals surface area contributed by atoms with Crippen LogP contribution in [0.25, 0.3) is 0 Å². The number of methoxy groups -OCH3 is 1. The van der Waals surface area contributed by atoms with Gasteiger partial charge in [0.1, 0.15) is 24.2 Å². The molecule has 0 radical (unpaired) electrons. The monoisotopic (exact) mass is 492 g/mol. The highest BCUT2D eigenvalue weighted by Gasteiger charge is 2.51. The summed E-state index contributed by atoms with van der Waals surface area (Å²) in [7, 11) is -4.71. The van der Waals surface area contributed by atoms with Gasteiger partial charge in [-0.15, -0.1) is 0 Å². The Bertz CT molecular complexity index is 812. The van der Waals surface area contributed by atoms with Crippen LogP contribution in [0.3, 0.4) is 0 Å². The van der Waals surface area contributed by atoms with Crippen molar-refractivity contribution in [3.63, 3.8) is 0 Å². The van der Waals surface area contributed by atoms with Gasteiger partial charge in [-0.05, 0) is 6.92 Å². The summed E-state index contributed by atoms with van der Waals surface area (Å²) in [5.41, 5.74) is -5.89. The highest BCUT2D eigenvalue weighted by Crippen LogP contribution is 2.34. The summed E-state index contributed by atoms with van der Waals surface area (Å²) in [6.07, 6.45) is -4.64. The molecule has 168 valence electrons. The molecule has 1 N–H and O–H groups in total. The van der Waals surface area contributed by atoms with E-state index in [-0.39, 0.29) is 19.3 Å². The molecular weight excluding hydrogens is 478 g/mol. The van der Waals surface area contributed by atoms with Crippen LogP contribution in [0.2, 0.25) is 4.34 Å². The van der Waals surface area contributed by atoms with Gasteiger partial charge >= 0.3 is 21.7 Å². The van der Waals surface area contributed by atoms with E-state index in [0.717, 1.165) is 20.1 Å². The number of thiophene rings is 1. The van der Waals surface area contributed by atoms with E-state index in [1.807, 2.05) is 0 Å². The first-order valence-electron chi connectivity index (χ1n) is 7.44. The molecule has 16 heteroatoms. The molecule has 29 heavy (non-hydrogen) atoms. The van der Waals surface area contributed by atoms with Crippen LogP contribution in [-0.4, -0.2) is 63.3 Å². The SMILES string of the molecule is COCN([C@@H](C)COc1cc(C(=O)NCC(F)(F)F)c(Cl)s1)S(=O)(=O)C(F)(F)F. The zero-order valence-electron chi connectivity index (χ0n) is 14.7. The van der Waals surface area contributed by atoms with Gasteiger partial charge in [-0.1, -0.05) is 22.9 Å². The molecule has 1 heterocycles. The molecule has 1 atom stereocenters. The van der Waals surface area contributed by atoms with Crippen LogP contribution < -0.4 is 10.1 Å². The number of halogens is 7. The highest BCUT2D eigenvalue weighted by molar-refractivity contribution is 7.90. The lowest BCUT2D eigenvalue weighted by Crippen LogP contribution is -2.48. The number of hydrogen-bond acceptors (Lipinski definition) is 6. The van der Waals surface area contributed by atoms with E-state index < -0.39 is 53.5 Å². The average Bonchev–Trinajstić information content (AvgIpc) is 2.94. The molecule has 7 nitrogen and oxygen atoms in total. The standard InChI is InChI=1S/C13H15ClF6N2O5S2/c1-7(22(6-26-2)29(24,25)13(18,19)20)4-27-9-3-8(10(14)28-9)11(23)21-5-12(15,16)17/h3,7H,4-6H2,1-2H3,(H,21,23)/t7-/m0/s1. The number of nitrogens with one attached hydrogen (secondary N) is 1. The molecule has 0 aliphatic rings. The third kappa shape index (κ3) is 7.16. The average molecular weight is 493 g/mol. The minimum absolute atomic E-state index is 0.0269. The van der Waals surface area contributed by atoms with Crippen molar-refractivity contribution in [3.05, 3.63) is 16.0 Å². The Hall–Kier alpha value is -1.29. The van der Waals surface area contributed by atoms with Crippen molar-refractivity contribution in [2.45, 2.75) is 24.7 Å². The van der Waals surface area contributed by atoms with Crippen molar-refractivity contribution in [1.29, 1.82) is 0 Å². The van der Waals surface area contributed by atoms with Crippen molar-refractivity contribution in [1.82, 2.24) is 9.62 Å².